The second-order valence-corrected chi connectivity index (χ2v) is 7.30. The van der Waals surface area contributed by atoms with Crippen molar-refractivity contribution in [1.29, 1.82) is 0 Å². The first kappa shape index (κ1) is 20.7. The van der Waals surface area contributed by atoms with Crippen LogP contribution in [-0.4, -0.2) is 15.7 Å². The molecule has 6 nitrogen and oxygen atoms in total. The molecule has 4 aromatic rings. The van der Waals surface area contributed by atoms with E-state index >= 15 is 0 Å². The molecule has 158 valence electrons. The molecule has 1 amide bonds. The van der Waals surface area contributed by atoms with E-state index in [2.05, 4.69) is 10.4 Å². The highest BCUT2D eigenvalue weighted by atomic mass is 35.5. The highest BCUT2D eigenvalue weighted by Gasteiger charge is 2.15. The van der Waals surface area contributed by atoms with Gasteiger partial charge in [0, 0.05) is 11.8 Å². The summed E-state index contributed by atoms with van der Waals surface area (Å²) in [5, 5.41) is 7.34. The standard InChI is InChI=1S/C23H19ClFN3O3/c1-15-11-22(27-28(15)13-16-5-3-2-4-6-16)26-23(29)21-10-8-18(31-21)14-30-20-9-7-17(25)12-19(20)24/h2-12H,13-14H2,1H3,(H,26,27,29). The monoisotopic (exact) mass is 439 g/mol. The van der Waals surface area contributed by atoms with Crippen LogP contribution in [0.2, 0.25) is 5.02 Å². The zero-order valence-corrected chi connectivity index (χ0v) is 17.4. The summed E-state index contributed by atoms with van der Waals surface area (Å²) in [7, 11) is 0. The minimum atomic E-state index is -0.448. The van der Waals surface area contributed by atoms with E-state index in [0.29, 0.717) is 23.9 Å². The smallest absolute Gasteiger partial charge is 0.292 e. The van der Waals surface area contributed by atoms with Crippen LogP contribution in [0, 0.1) is 12.7 Å². The van der Waals surface area contributed by atoms with Crippen molar-refractivity contribution in [3.63, 3.8) is 0 Å². The van der Waals surface area contributed by atoms with Gasteiger partial charge in [-0.15, -0.1) is 0 Å². The number of furan rings is 1. The summed E-state index contributed by atoms with van der Waals surface area (Å²) < 4.78 is 26.0. The number of ether oxygens (including phenoxy) is 1. The lowest BCUT2D eigenvalue weighted by molar-refractivity contribution is 0.0992. The van der Waals surface area contributed by atoms with E-state index < -0.39 is 11.7 Å². The molecule has 0 aliphatic heterocycles. The van der Waals surface area contributed by atoms with Gasteiger partial charge in [0.2, 0.25) is 0 Å². The molecule has 2 heterocycles. The molecule has 0 atom stereocenters. The SMILES string of the molecule is Cc1cc(NC(=O)c2ccc(COc3ccc(F)cc3Cl)o2)nn1Cc1ccccc1. The van der Waals surface area contributed by atoms with Crippen molar-refractivity contribution in [2.75, 3.05) is 5.32 Å². The Morgan fingerprint density at radius 2 is 1.97 bits per heavy atom. The quantitative estimate of drug-likeness (QED) is 0.415. The highest BCUT2D eigenvalue weighted by Crippen LogP contribution is 2.26. The van der Waals surface area contributed by atoms with Crippen LogP contribution >= 0.6 is 11.6 Å². The fourth-order valence-electron chi connectivity index (χ4n) is 2.98. The summed E-state index contributed by atoms with van der Waals surface area (Å²) in [4.78, 5) is 12.5. The summed E-state index contributed by atoms with van der Waals surface area (Å²) in [6, 6.07) is 18.8. The summed E-state index contributed by atoms with van der Waals surface area (Å²) in [6.45, 7) is 2.58. The second kappa shape index (κ2) is 9.06. The summed E-state index contributed by atoms with van der Waals surface area (Å²) in [5.41, 5.74) is 2.03. The zero-order chi connectivity index (χ0) is 21.8. The molecule has 2 aromatic heterocycles. The van der Waals surface area contributed by atoms with Crippen molar-refractivity contribution < 1.29 is 18.3 Å². The van der Waals surface area contributed by atoms with E-state index in [9.17, 15) is 9.18 Å². The lowest BCUT2D eigenvalue weighted by Gasteiger charge is -2.06. The minimum Gasteiger partial charge on any atom is -0.484 e. The molecule has 0 aliphatic rings. The van der Waals surface area contributed by atoms with Crippen molar-refractivity contribution in [1.82, 2.24) is 9.78 Å². The van der Waals surface area contributed by atoms with Crippen molar-refractivity contribution >= 4 is 23.3 Å². The first-order valence-electron chi connectivity index (χ1n) is 9.54. The average Bonchev–Trinajstić information content (AvgIpc) is 3.35. The third-order valence-corrected chi connectivity index (χ3v) is 4.84. The number of amides is 1. The maximum atomic E-state index is 13.1. The number of benzene rings is 2. The summed E-state index contributed by atoms with van der Waals surface area (Å²) in [6.07, 6.45) is 0. The molecule has 0 fully saturated rings. The second-order valence-electron chi connectivity index (χ2n) is 6.90. The number of hydrogen-bond acceptors (Lipinski definition) is 4. The molecule has 0 spiro atoms. The number of nitrogens with zero attached hydrogens (tertiary/aromatic N) is 2. The molecule has 8 heteroatoms. The number of rotatable bonds is 7. The average molecular weight is 440 g/mol. The molecular weight excluding hydrogens is 421 g/mol. The Morgan fingerprint density at radius 1 is 1.16 bits per heavy atom. The van der Waals surface area contributed by atoms with E-state index in [1.807, 2.05) is 41.9 Å². The Labute approximate surface area is 183 Å². The summed E-state index contributed by atoms with van der Waals surface area (Å²) >= 11 is 5.94. The van der Waals surface area contributed by atoms with Gasteiger partial charge in [-0.3, -0.25) is 9.48 Å². The van der Waals surface area contributed by atoms with Gasteiger partial charge in [-0.25, -0.2) is 4.39 Å². The number of carbonyl (C=O) groups excluding carboxylic acids is 1. The largest absolute Gasteiger partial charge is 0.484 e. The first-order valence-corrected chi connectivity index (χ1v) is 9.92. The molecule has 0 saturated heterocycles. The van der Waals surface area contributed by atoms with Crippen LogP contribution in [0.5, 0.6) is 5.75 Å². The van der Waals surface area contributed by atoms with E-state index in [-0.39, 0.29) is 17.4 Å². The van der Waals surface area contributed by atoms with Gasteiger partial charge in [-0.2, -0.15) is 5.10 Å². The van der Waals surface area contributed by atoms with Gasteiger partial charge < -0.3 is 14.5 Å². The Hall–Kier alpha value is -3.58. The maximum absolute atomic E-state index is 13.1. The molecule has 0 unspecified atom stereocenters. The third-order valence-electron chi connectivity index (χ3n) is 4.55. The van der Waals surface area contributed by atoms with Crippen LogP contribution in [0.25, 0.3) is 0 Å². The van der Waals surface area contributed by atoms with Crippen molar-refractivity contribution in [2.24, 2.45) is 0 Å². The number of aromatic nitrogens is 2. The molecule has 31 heavy (non-hydrogen) atoms. The lowest BCUT2D eigenvalue weighted by atomic mass is 10.2. The first-order chi connectivity index (χ1) is 15.0. The van der Waals surface area contributed by atoms with Crippen LogP contribution in [0.3, 0.4) is 0 Å². The van der Waals surface area contributed by atoms with Gasteiger partial charge in [0.05, 0.1) is 11.6 Å². The van der Waals surface area contributed by atoms with Crippen LogP contribution in [0.15, 0.2) is 71.1 Å². The summed E-state index contributed by atoms with van der Waals surface area (Å²) in [5.74, 6) is 0.442. The fraction of sp³-hybridized carbons (Fsp3) is 0.130. The molecule has 0 radical (unpaired) electrons. The normalized spacial score (nSPS) is 10.8. The van der Waals surface area contributed by atoms with E-state index in [0.717, 1.165) is 17.3 Å². The number of nitrogens with one attached hydrogen (secondary N) is 1. The molecule has 0 bridgehead atoms. The van der Waals surface area contributed by atoms with E-state index in [1.165, 1.54) is 12.1 Å². The van der Waals surface area contributed by atoms with Crippen molar-refractivity contribution in [2.45, 2.75) is 20.1 Å². The van der Waals surface area contributed by atoms with Crippen LogP contribution in [0.4, 0.5) is 10.2 Å². The molecule has 2 aromatic carbocycles. The van der Waals surface area contributed by atoms with Gasteiger partial charge in [-0.1, -0.05) is 41.9 Å². The number of aryl methyl sites for hydroxylation is 1. The lowest BCUT2D eigenvalue weighted by Crippen LogP contribution is -2.12. The minimum absolute atomic E-state index is 0.0451. The third kappa shape index (κ3) is 5.13. The molecule has 0 saturated carbocycles. The molecule has 4 rings (SSSR count). The van der Waals surface area contributed by atoms with Gasteiger partial charge in [0.1, 0.15) is 23.9 Å². The molecule has 0 aliphatic carbocycles. The highest BCUT2D eigenvalue weighted by molar-refractivity contribution is 6.32. The Bertz CT molecular complexity index is 1200. The molecule has 1 N–H and O–H groups in total. The van der Waals surface area contributed by atoms with Gasteiger partial charge in [-0.05, 0) is 42.8 Å². The van der Waals surface area contributed by atoms with Gasteiger partial charge >= 0.3 is 0 Å². The predicted octanol–water partition coefficient (Wildman–Crippen LogP) is 5.46. The maximum Gasteiger partial charge on any atom is 0.292 e. The van der Waals surface area contributed by atoms with Crippen molar-refractivity contribution in [3.05, 3.63) is 100 Å². The predicted molar refractivity (Wildman–Crippen MR) is 115 cm³/mol. The number of halogens is 2. The van der Waals surface area contributed by atoms with Crippen molar-refractivity contribution in [3.8, 4) is 5.75 Å². The Morgan fingerprint density at radius 3 is 2.74 bits per heavy atom. The van der Waals surface area contributed by atoms with Crippen LogP contribution in [-0.2, 0) is 13.2 Å². The Balaban J connectivity index is 1.37. The van der Waals surface area contributed by atoms with E-state index in [4.69, 9.17) is 20.8 Å². The van der Waals surface area contributed by atoms with Gasteiger partial charge in [0.15, 0.2) is 11.6 Å². The Kier molecular flexibility index (Phi) is 6.04. The number of carbonyl (C=O) groups is 1. The topological polar surface area (TPSA) is 69.3 Å². The van der Waals surface area contributed by atoms with Gasteiger partial charge in [0.25, 0.3) is 5.91 Å². The fourth-order valence-corrected chi connectivity index (χ4v) is 3.21. The molecular formula is C23H19ClFN3O3. The zero-order valence-electron chi connectivity index (χ0n) is 16.6. The number of anilines is 1. The van der Waals surface area contributed by atoms with E-state index in [1.54, 1.807) is 18.2 Å². The van der Waals surface area contributed by atoms with Crippen LogP contribution < -0.4 is 10.1 Å². The van der Waals surface area contributed by atoms with Crippen LogP contribution in [0.1, 0.15) is 27.6 Å². The number of hydrogen-bond donors (Lipinski definition) is 1.